The fraction of sp³-hybridized carbons (Fsp3) is 0.167. The highest BCUT2D eigenvalue weighted by Crippen LogP contribution is 2.35. The van der Waals surface area contributed by atoms with Gasteiger partial charge in [-0.05, 0) is 48.7 Å². The van der Waals surface area contributed by atoms with Gasteiger partial charge in [0.25, 0.3) is 11.8 Å². The molecule has 4 rings (SSSR count). The molecule has 0 saturated heterocycles. The predicted octanol–water partition coefficient (Wildman–Crippen LogP) is 5.09. The zero-order valence-corrected chi connectivity index (χ0v) is 17.4. The van der Waals surface area contributed by atoms with E-state index in [0.29, 0.717) is 23.7 Å². The smallest absolute Gasteiger partial charge is 0.265 e. The lowest BCUT2D eigenvalue weighted by Gasteiger charge is -2.30. The molecule has 0 saturated carbocycles. The molecule has 158 valence electrons. The molecule has 0 atom stereocenters. The van der Waals surface area contributed by atoms with Crippen molar-refractivity contribution < 1.29 is 18.7 Å². The van der Waals surface area contributed by atoms with Crippen LogP contribution < -0.4 is 15.0 Å². The Hall–Kier alpha value is -3.38. The Bertz CT molecular complexity index is 1100. The van der Waals surface area contributed by atoms with Crippen molar-refractivity contribution in [3.8, 4) is 5.75 Å². The molecule has 1 heterocycles. The van der Waals surface area contributed by atoms with Crippen LogP contribution in [0, 0.1) is 5.82 Å². The number of nitrogens with zero attached hydrogens (tertiary/aromatic N) is 1. The summed E-state index contributed by atoms with van der Waals surface area (Å²) in [4.78, 5) is 26.7. The van der Waals surface area contributed by atoms with E-state index in [1.165, 1.54) is 23.8 Å². The number of hydrogen-bond donors (Lipinski definition) is 1. The van der Waals surface area contributed by atoms with Crippen LogP contribution in [0.2, 0.25) is 5.02 Å². The Labute approximate surface area is 184 Å². The van der Waals surface area contributed by atoms with Crippen LogP contribution in [0.1, 0.15) is 22.3 Å². The third-order valence-electron chi connectivity index (χ3n) is 5.04. The summed E-state index contributed by atoms with van der Waals surface area (Å²) in [6, 6.07) is 19.1. The molecule has 1 aliphatic rings. The van der Waals surface area contributed by atoms with Gasteiger partial charge in [0.2, 0.25) is 0 Å². The van der Waals surface area contributed by atoms with Crippen LogP contribution in [-0.2, 0) is 11.2 Å². The van der Waals surface area contributed by atoms with Gasteiger partial charge in [0.1, 0.15) is 11.6 Å². The Kier molecular flexibility index (Phi) is 6.18. The number of aryl methyl sites for hydroxylation is 1. The lowest BCUT2D eigenvalue weighted by Crippen LogP contribution is -2.39. The second-order valence-corrected chi connectivity index (χ2v) is 7.56. The standard InChI is InChI=1S/C24H20ClFN2O3/c25-18-9-4-10-19(26)23(18)24(30)27-17-11-12-21-20(14-17)28(22(29)15-31-21)13-5-8-16-6-2-1-3-7-16/h1-4,6-7,9-12,14H,5,8,13,15H2,(H,27,30). The number of hydrogen-bond acceptors (Lipinski definition) is 3. The van der Waals surface area contributed by atoms with E-state index in [-0.39, 0.29) is 23.1 Å². The van der Waals surface area contributed by atoms with Crippen LogP contribution in [0.3, 0.4) is 0 Å². The van der Waals surface area contributed by atoms with Gasteiger partial charge in [-0.2, -0.15) is 0 Å². The summed E-state index contributed by atoms with van der Waals surface area (Å²) in [6.07, 6.45) is 1.61. The third-order valence-corrected chi connectivity index (χ3v) is 5.35. The fourth-order valence-electron chi connectivity index (χ4n) is 3.52. The lowest BCUT2D eigenvalue weighted by atomic mass is 10.1. The molecule has 0 radical (unpaired) electrons. The number of amides is 2. The van der Waals surface area contributed by atoms with Crippen LogP contribution >= 0.6 is 11.6 Å². The molecule has 0 aromatic heterocycles. The molecular formula is C24H20ClFN2O3. The van der Waals surface area contributed by atoms with Gasteiger partial charge >= 0.3 is 0 Å². The average Bonchev–Trinajstić information content (AvgIpc) is 2.76. The first-order chi connectivity index (χ1) is 15.0. The molecule has 1 N–H and O–H groups in total. The maximum absolute atomic E-state index is 14.1. The predicted molar refractivity (Wildman–Crippen MR) is 118 cm³/mol. The van der Waals surface area contributed by atoms with Crippen LogP contribution in [0.15, 0.2) is 66.7 Å². The lowest BCUT2D eigenvalue weighted by molar-refractivity contribution is -0.121. The van der Waals surface area contributed by atoms with E-state index >= 15 is 0 Å². The SMILES string of the molecule is O=C(Nc1ccc2c(c1)N(CCCc1ccccc1)C(=O)CO2)c1c(F)cccc1Cl. The van der Waals surface area contributed by atoms with Crippen molar-refractivity contribution in [2.45, 2.75) is 12.8 Å². The van der Waals surface area contributed by atoms with Gasteiger partial charge in [-0.3, -0.25) is 9.59 Å². The zero-order valence-electron chi connectivity index (χ0n) is 16.6. The molecule has 3 aromatic carbocycles. The minimum Gasteiger partial charge on any atom is -0.482 e. The first-order valence-electron chi connectivity index (χ1n) is 9.89. The summed E-state index contributed by atoms with van der Waals surface area (Å²) in [7, 11) is 0. The molecule has 2 amide bonds. The summed E-state index contributed by atoms with van der Waals surface area (Å²) in [6.45, 7) is 0.482. The van der Waals surface area contributed by atoms with Crippen molar-refractivity contribution in [1.82, 2.24) is 0 Å². The first kappa shape index (κ1) is 20.9. The Morgan fingerprint density at radius 1 is 1.10 bits per heavy atom. The number of ether oxygens (including phenoxy) is 1. The number of halogens is 2. The van der Waals surface area contributed by atoms with Crippen LogP contribution in [0.25, 0.3) is 0 Å². The molecular weight excluding hydrogens is 419 g/mol. The molecule has 0 aliphatic carbocycles. The summed E-state index contributed by atoms with van der Waals surface area (Å²) in [5.74, 6) is -0.965. The van der Waals surface area contributed by atoms with E-state index in [1.54, 1.807) is 23.1 Å². The molecule has 0 fully saturated rings. The van der Waals surface area contributed by atoms with Crippen LogP contribution in [0.4, 0.5) is 15.8 Å². The van der Waals surface area contributed by atoms with Gasteiger partial charge in [-0.15, -0.1) is 0 Å². The maximum Gasteiger partial charge on any atom is 0.265 e. The fourth-order valence-corrected chi connectivity index (χ4v) is 3.77. The van der Waals surface area contributed by atoms with Crippen LogP contribution in [-0.4, -0.2) is 25.0 Å². The molecule has 3 aromatic rings. The van der Waals surface area contributed by atoms with E-state index in [0.717, 1.165) is 12.8 Å². The molecule has 31 heavy (non-hydrogen) atoms. The topological polar surface area (TPSA) is 58.6 Å². The quantitative estimate of drug-likeness (QED) is 0.583. The monoisotopic (exact) mass is 438 g/mol. The van der Waals surface area contributed by atoms with Crippen molar-refractivity contribution in [1.29, 1.82) is 0 Å². The molecule has 0 spiro atoms. The summed E-state index contributed by atoms with van der Waals surface area (Å²) < 4.78 is 19.6. The summed E-state index contributed by atoms with van der Waals surface area (Å²) in [5, 5.41) is 2.67. The van der Waals surface area contributed by atoms with Crippen molar-refractivity contribution in [3.05, 3.63) is 88.7 Å². The number of fused-ring (bicyclic) bond motifs is 1. The van der Waals surface area contributed by atoms with Crippen molar-refractivity contribution in [3.63, 3.8) is 0 Å². The summed E-state index contributed by atoms with van der Waals surface area (Å²) >= 11 is 5.98. The van der Waals surface area contributed by atoms with Gasteiger partial charge < -0.3 is 15.0 Å². The van der Waals surface area contributed by atoms with Gasteiger partial charge in [0, 0.05) is 12.2 Å². The van der Waals surface area contributed by atoms with Gasteiger partial charge in [-0.25, -0.2) is 4.39 Å². The molecule has 1 aliphatic heterocycles. The van der Waals surface area contributed by atoms with E-state index in [4.69, 9.17) is 16.3 Å². The van der Waals surface area contributed by atoms with Gasteiger partial charge in [0.15, 0.2) is 6.61 Å². The maximum atomic E-state index is 14.1. The Balaban J connectivity index is 1.51. The van der Waals surface area contributed by atoms with Crippen LogP contribution in [0.5, 0.6) is 5.75 Å². The highest BCUT2D eigenvalue weighted by molar-refractivity contribution is 6.34. The van der Waals surface area contributed by atoms with Crippen molar-refractivity contribution >= 4 is 34.8 Å². The number of carbonyl (C=O) groups excluding carboxylic acids is 2. The first-order valence-corrected chi connectivity index (χ1v) is 10.3. The molecule has 7 heteroatoms. The van der Waals surface area contributed by atoms with Gasteiger partial charge in [0.05, 0.1) is 16.3 Å². The number of carbonyl (C=O) groups is 2. The van der Waals surface area contributed by atoms with E-state index < -0.39 is 11.7 Å². The number of nitrogens with one attached hydrogen (secondary N) is 1. The highest BCUT2D eigenvalue weighted by atomic mass is 35.5. The normalized spacial score (nSPS) is 12.8. The third kappa shape index (κ3) is 4.70. The summed E-state index contributed by atoms with van der Waals surface area (Å²) in [5.41, 5.74) is 1.95. The number of benzene rings is 3. The molecule has 0 unspecified atom stereocenters. The second-order valence-electron chi connectivity index (χ2n) is 7.16. The highest BCUT2D eigenvalue weighted by Gasteiger charge is 2.26. The minimum atomic E-state index is -0.705. The van der Waals surface area contributed by atoms with E-state index in [2.05, 4.69) is 17.4 Å². The van der Waals surface area contributed by atoms with Crippen molar-refractivity contribution in [2.24, 2.45) is 0 Å². The Morgan fingerprint density at radius 3 is 2.68 bits per heavy atom. The zero-order chi connectivity index (χ0) is 21.8. The largest absolute Gasteiger partial charge is 0.482 e. The van der Waals surface area contributed by atoms with Gasteiger partial charge in [-0.1, -0.05) is 48.0 Å². The average molecular weight is 439 g/mol. The van der Waals surface area contributed by atoms with E-state index in [9.17, 15) is 14.0 Å². The molecule has 0 bridgehead atoms. The Morgan fingerprint density at radius 2 is 1.90 bits per heavy atom. The molecule has 5 nitrogen and oxygen atoms in total. The van der Waals surface area contributed by atoms with Crippen molar-refractivity contribution in [2.75, 3.05) is 23.4 Å². The minimum absolute atomic E-state index is 0.0245. The van der Waals surface area contributed by atoms with E-state index in [1.807, 2.05) is 18.2 Å². The number of anilines is 2. The second kappa shape index (κ2) is 9.18. The number of rotatable bonds is 6.